The van der Waals surface area contributed by atoms with Crippen LogP contribution >= 0.6 is 0 Å². The Kier molecular flexibility index (Phi) is 5.12. The largest absolute Gasteiger partial charge is 0.508 e. The minimum atomic E-state index is 0.231. The van der Waals surface area contributed by atoms with E-state index in [-0.39, 0.29) is 5.75 Å². The van der Waals surface area contributed by atoms with E-state index in [4.69, 9.17) is 4.74 Å². The number of hydrogen-bond donors (Lipinski definition) is 1. The Morgan fingerprint density at radius 2 is 1.26 bits per heavy atom. The van der Waals surface area contributed by atoms with Crippen LogP contribution in [0.3, 0.4) is 0 Å². The zero-order chi connectivity index (χ0) is 21.0. The molecule has 4 aromatic carbocycles. The molecule has 5 rings (SSSR count). The van der Waals surface area contributed by atoms with Crippen molar-refractivity contribution < 1.29 is 9.84 Å². The topological polar surface area (TPSA) is 29.5 Å². The van der Waals surface area contributed by atoms with Gasteiger partial charge in [-0.05, 0) is 63.7 Å². The third kappa shape index (κ3) is 3.88. The van der Waals surface area contributed by atoms with Crippen LogP contribution in [-0.2, 0) is 0 Å². The molecule has 0 saturated heterocycles. The molecular formula is C29H22O2. The van der Waals surface area contributed by atoms with Crippen molar-refractivity contribution in [2.75, 3.05) is 6.61 Å². The van der Waals surface area contributed by atoms with Gasteiger partial charge in [-0.15, -0.1) is 0 Å². The summed E-state index contributed by atoms with van der Waals surface area (Å²) < 4.78 is 6.15. The maximum absolute atomic E-state index is 9.56. The van der Waals surface area contributed by atoms with Crippen molar-refractivity contribution in [3.8, 4) is 11.5 Å². The molecule has 0 bridgehead atoms. The quantitative estimate of drug-likeness (QED) is 0.396. The lowest BCUT2D eigenvalue weighted by atomic mass is 9.95. The van der Waals surface area contributed by atoms with Crippen LogP contribution in [0.1, 0.15) is 22.3 Å². The van der Waals surface area contributed by atoms with E-state index in [1.165, 1.54) is 27.8 Å². The van der Waals surface area contributed by atoms with Crippen molar-refractivity contribution in [3.63, 3.8) is 0 Å². The SMILES string of the molecule is Oc1ccc(OC/C(=C2/C=C(c3ccccc3)c3ccccc32)c2ccccc2)cc1. The highest BCUT2D eigenvalue weighted by atomic mass is 16.5. The molecule has 1 N–H and O–H groups in total. The van der Waals surface area contributed by atoms with Gasteiger partial charge in [-0.2, -0.15) is 0 Å². The molecule has 2 heteroatoms. The summed E-state index contributed by atoms with van der Waals surface area (Å²) in [6.45, 7) is 0.428. The smallest absolute Gasteiger partial charge is 0.120 e. The van der Waals surface area contributed by atoms with Gasteiger partial charge in [-0.1, -0.05) is 84.9 Å². The second-order valence-electron chi connectivity index (χ2n) is 7.51. The van der Waals surface area contributed by atoms with E-state index < -0.39 is 0 Å². The average Bonchev–Trinajstić information content (AvgIpc) is 3.21. The number of benzene rings is 4. The number of aromatic hydroxyl groups is 1. The summed E-state index contributed by atoms with van der Waals surface area (Å²) in [5.74, 6) is 0.958. The third-order valence-electron chi connectivity index (χ3n) is 5.55. The van der Waals surface area contributed by atoms with Gasteiger partial charge in [-0.3, -0.25) is 0 Å². The van der Waals surface area contributed by atoms with Crippen LogP contribution in [0.5, 0.6) is 11.5 Å². The van der Waals surface area contributed by atoms with E-state index in [0.717, 1.165) is 16.9 Å². The molecule has 0 fully saturated rings. The van der Waals surface area contributed by atoms with Gasteiger partial charge >= 0.3 is 0 Å². The van der Waals surface area contributed by atoms with Crippen LogP contribution < -0.4 is 4.74 Å². The number of hydrogen-bond acceptors (Lipinski definition) is 2. The van der Waals surface area contributed by atoms with E-state index in [1.54, 1.807) is 24.3 Å². The van der Waals surface area contributed by atoms with Gasteiger partial charge in [-0.25, -0.2) is 0 Å². The first-order valence-corrected chi connectivity index (χ1v) is 10.4. The molecule has 150 valence electrons. The van der Waals surface area contributed by atoms with E-state index in [2.05, 4.69) is 78.9 Å². The Hall–Kier alpha value is -4.04. The van der Waals surface area contributed by atoms with Gasteiger partial charge in [0.1, 0.15) is 18.1 Å². The Balaban J connectivity index is 1.63. The van der Waals surface area contributed by atoms with Crippen molar-refractivity contribution in [1.29, 1.82) is 0 Å². The fraction of sp³-hybridized carbons (Fsp3) is 0.0345. The van der Waals surface area contributed by atoms with Gasteiger partial charge in [0.2, 0.25) is 0 Å². The van der Waals surface area contributed by atoms with E-state index in [9.17, 15) is 5.11 Å². The van der Waals surface area contributed by atoms with Gasteiger partial charge in [0.05, 0.1) is 0 Å². The van der Waals surface area contributed by atoms with Crippen LogP contribution in [0, 0.1) is 0 Å². The Morgan fingerprint density at radius 1 is 0.645 bits per heavy atom. The van der Waals surface area contributed by atoms with E-state index in [0.29, 0.717) is 6.61 Å². The first kappa shape index (κ1) is 19.0. The van der Waals surface area contributed by atoms with Crippen molar-refractivity contribution in [2.45, 2.75) is 0 Å². The van der Waals surface area contributed by atoms with Crippen molar-refractivity contribution in [3.05, 3.63) is 138 Å². The van der Waals surface area contributed by atoms with Crippen molar-refractivity contribution in [1.82, 2.24) is 0 Å². The summed E-state index contributed by atoms with van der Waals surface area (Å²) in [4.78, 5) is 0. The molecule has 2 nitrogen and oxygen atoms in total. The summed E-state index contributed by atoms with van der Waals surface area (Å²) >= 11 is 0. The second kappa shape index (κ2) is 8.37. The minimum Gasteiger partial charge on any atom is -0.508 e. The lowest BCUT2D eigenvalue weighted by Gasteiger charge is -2.14. The lowest BCUT2D eigenvalue weighted by Crippen LogP contribution is -2.03. The fourth-order valence-electron chi connectivity index (χ4n) is 4.01. The number of fused-ring (bicyclic) bond motifs is 1. The highest BCUT2D eigenvalue weighted by Gasteiger charge is 2.22. The molecule has 0 unspecified atom stereocenters. The third-order valence-corrected chi connectivity index (χ3v) is 5.55. The predicted molar refractivity (Wildman–Crippen MR) is 127 cm³/mol. The molecule has 0 aromatic heterocycles. The maximum Gasteiger partial charge on any atom is 0.120 e. The van der Waals surface area contributed by atoms with Gasteiger partial charge in [0, 0.05) is 5.57 Å². The van der Waals surface area contributed by atoms with Gasteiger partial charge < -0.3 is 9.84 Å². The summed E-state index contributed by atoms with van der Waals surface area (Å²) in [7, 11) is 0. The minimum absolute atomic E-state index is 0.231. The zero-order valence-corrected chi connectivity index (χ0v) is 17.0. The number of allylic oxidation sites excluding steroid dienone is 2. The van der Waals surface area contributed by atoms with Crippen LogP contribution in [0.25, 0.3) is 16.7 Å². The molecule has 0 radical (unpaired) electrons. The summed E-state index contributed by atoms with van der Waals surface area (Å²) in [5, 5.41) is 9.56. The highest BCUT2D eigenvalue weighted by Crippen LogP contribution is 2.42. The number of rotatable bonds is 5. The molecular weight excluding hydrogens is 380 g/mol. The Morgan fingerprint density at radius 3 is 1.97 bits per heavy atom. The number of phenolic OH excluding ortho intramolecular Hbond substituents is 1. The standard InChI is InChI=1S/C29H22O2/c30-23-15-17-24(18-16-23)31-20-29(22-11-5-2-6-12-22)28-19-27(21-9-3-1-4-10-21)25-13-7-8-14-26(25)28/h1-19,30H,20H2/b29-28+. The molecule has 0 atom stereocenters. The average molecular weight is 402 g/mol. The molecule has 1 aliphatic rings. The summed E-state index contributed by atoms with van der Waals surface area (Å²) in [6.07, 6.45) is 2.28. The molecule has 4 aromatic rings. The first-order chi connectivity index (χ1) is 15.3. The highest BCUT2D eigenvalue weighted by molar-refractivity contribution is 6.09. The van der Waals surface area contributed by atoms with E-state index >= 15 is 0 Å². The fourth-order valence-corrected chi connectivity index (χ4v) is 4.01. The van der Waals surface area contributed by atoms with Crippen LogP contribution in [0.4, 0.5) is 0 Å². The van der Waals surface area contributed by atoms with Crippen molar-refractivity contribution >= 4 is 16.7 Å². The normalized spacial score (nSPS) is 14.0. The van der Waals surface area contributed by atoms with E-state index in [1.807, 2.05) is 12.1 Å². The van der Waals surface area contributed by atoms with Gasteiger partial charge in [0.15, 0.2) is 0 Å². The zero-order valence-electron chi connectivity index (χ0n) is 17.0. The summed E-state index contributed by atoms with van der Waals surface area (Å²) in [5.41, 5.74) is 8.33. The second-order valence-corrected chi connectivity index (χ2v) is 7.51. The molecule has 0 spiro atoms. The van der Waals surface area contributed by atoms with Gasteiger partial charge in [0.25, 0.3) is 0 Å². The molecule has 0 amide bonds. The Bertz CT molecular complexity index is 1250. The molecule has 0 heterocycles. The molecule has 0 saturated carbocycles. The van der Waals surface area contributed by atoms with Crippen molar-refractivity contribution in [2.24, 2.45) is 0 Å². The number of phenols is 1. The monoisotopic (exact) mass is 402 g/mol. The summed E-state index contributed by atoms with van der Waals surface area (Å²) in [6, 6.07) is 36.3. The van der Waals surface area contributed by atoms with Crippen LogP contribution in [0.2, 0.25) is 0 Å². The molecule has 1 aliphatic carbocycles. The first-order valence-electron chi connectivity index (χ1n) is 10.4. The number of ether oxygens (including phenoxy) is 1. The predicted octanol–water partition coefficient (Wildman–Crippen LogP) is 6.83. The molecule has 31 heavy (non-hydrogen) atoms. The van der Waals surface area contributed by atoms with Crippen LogP contribution in [0.15, 0.2) is 115 Å². The Labute approximate surface area is 182 Å². The van der Waals surface area contributed by atoms with Crippen LogP contribution in [-0.4, -0.2) is 11.7 Å². The molecule has 0 aliphatic heterocycles. The maximum atomic E-state index is 9.56. The lowest BCUT2D eigenvalue weighted by molar-refractivity contribution is 0.369.